The topological polar surface area (TPSA) is 237 Å². The number of aliphatic hydroxyl groups is 1. The van der Waals surface area contributed by atoms with E-state index >= 15 is 0 Å². The predicted octanol–water partition coefficient (Wildman–Crippen LogP) is 17.8. The molecule has 0 aromatic heterocycles. The molecule has 0 aromatic carbocycles. The van der Waals surface area contributed by atoms with E-state index in [1.54, 1.807) is 0 Å². The molecule has 0 bridgehead atoms. The van der Waals surface area contributed by atoms with E-state index in [1.165, 1.54) is 109 Å². The molecule has 0 amide bonds. The smallest absolute Gasteiger partial charge is 0.462 e. The van der Waals surface area contributed by atoms with Crippen LogP contribution in [-0.2, 0) is 65.4 Å². The van der Waals surface area contributed by atoms with Gasteiger partial charge < -0.3 is 33.8 Å². The Labute approximate surface area is 511 Å². The molecule has 0 aliphatic carbocycles. The number of aliphatic hydroxyl groups excluding tert-OH is 1. The number of carbonyl (C=O) groups excluding carboxylic acids is 4. The van der Waals surface area contributed by atoms with Crippen molar-refractivity contribution < 1.29 is 80.2 Å². The van der Waals surface area contributed by atoms with Crippen molar-refractivity contribution in [3.63, 3.8) is 0 Å². The summed E-state index contributed by atoms with van der Waals surface area (Å²) < 4.78 is 68.0. The third-order valence-corrected chi connectivity index (χ3v) is 17.8. The van der Waals surface area contributed by atoms with Crippen LogP contribution in [0.15, 0.2) is 0 Å². The normalized spacial score (nSPS) is 15.4. The van der Waals surface area contributed by atoms with Gasteiger partial charge in [0.25, 0.3) is 0 Å². The average Bonchev–Trinajstić information content (AvgIpc) is 3.47. The summed E-state index contributed by atoms with van der Waals surface area (Å²) in [6.07, 6.45) is 34.9. The lowest BCUT2D eigenvalue weighted by atomic mass is 9.99. The van der Waals surface area contributed by atoms with E-state index < -0.39 is 97.5 Å². The van der Waals surface area contributed by atoms with Gasteiger partial charge in [-0.1, -0.05) is 261 Å². The zero-order valence-electron chi connectivity index (χ0n) is 54.5. The van der Waals surface area contributed by atoms with Crippen LogP contribution in [0.1, 0.15) is 312 Å². The number of carbonyl (C=O) groups is 4. The molecule has 84 heavy (non-hydrogen) atoms. The Bertz CT molecular complexity index is 1680. The summed E-state index contributed by atoms with van der Waals surface area (Å²) in [6, 6.07) is 0. The zero-order chi connectivity index (χ0) is 62.5. The molecule has 17 nitrogen and oxygen atoms in total. The summed E-state index contributed by atoms with van der Waals surface area (Å²) in [4.78, 5) is 72.2. The molecular formula is C65H126O17P2. The van der Waals surface area contributed by atoms with Gasteiger partial charge in [-0.2, -0.15) is 0 Å². The number of phosphoric ester groups is 2. The largest absolute Gasteiger partial charge is 0.472 e. The minimum absolute atomic E-state index is 0.101. The monoisotopic (exact) mass is 1240 g/mol. The second kappa shape index (κ2) is 55.2. The first-order valence-electron chi connectivity index (χ1n) is 33.8. The molecule has 5 unspecified atom stereocenters. The lowest BCUT2D eigenvalue weighted by Gasteiger charge is -2.21. The van der Waals surface area contributed by atoms with E-state index in [0.717, 1.165) is 114 Å². The van der Waals surface area contributed by atoms with Crippen molar-refractivity contribution in [3.05, 3.63) is 0 Å². The highest BCUT2D eigenvalue weighted by molar-refractivity contribution is 7.47. The molecule has 19 heteroatoms. The average molecular weight is 1240 g/mol. The number of esters is 4. The highest BCUT2D eigenvalue weighted by atomic mass is 31.2. The zero-order valence-corrected chi connectivity index (χ0v) is 56.3. The molecule has 0 saturated carbocycles. The SMILES string of the molecule is CCC(C)CCCCCCCCCCCCC(=O)OC[C@H](COP(=O)(O)OC[C@@H](O)COP(=O)(O)OC[C@@H](COC(=O)CCCCCCCCC(C)CC)OC(=O)CCCCCCCCC(C)CC)OC(=O)CCCCCCCCCC(C)C. The third kappa shape index (κ3) is 55.4. The van der Waals surface area contributed by atoms with E-state index in [9.17, 15) is 43.2 Å². The molecule has 0 saturated heterocycles. The summed E-state index contributed by atoms with van der Waals surface area (Å²) in [6.45, 7) is 14.0. The minimum Gasteiger partial charge on any atom is -0.462 e. The Morgan fingerprint density at radius 1 is 0.333 bits per heavy atom. The molecule has 0 aliphatic rings. The quantitative estimate of drug-likeness (QED) is 0.0222. The minimum atomic E-state index is -4.95. The fourth-order valence-corrected chi connectivity index (χ4v) is 11.1. The van der Waals surface area contributed by atoms with E-state index in [-0.39, 0.29) is 25.7 Å². The molecule has 0 heterocycles. The Kier molecular flexibility index (Phi) is 53.9. The number of ether oxygens (including phenoxy) is 4. The van der Waals surface area contributed by atoms with Crippen LogP contribution < -0.4 is 0 Å². The van der Waals surface area contributed by atoms with E-state index in [1.807, 2.05) is 0 Å². The number of rotatable bonds is 62. The Morgan fingerprint density at radius 2 is 0.571 bits per heavy atom. The van der Waals surface area contributed by atoms with Crippen molar-refractivity contribution in [2.75, 3.05) is 39.6 Å². The Hall–Kier alpha value is -1.94. The van der Waals surface area contributed by atoms with Crippen molar-refractivity contribution in [1.29, 1.82) is 0 Å². The first-order valence-corrected chi connectivity index (χ1v) is 36.8. The number of unbranched alkanes of at least 4 members (excludes halogenated alkanes) is 25. The van der Waals surface area contributed by atoms with Crippen LogP contribution in [0.2, 0.25) is 0 Å². The number of phosphoric acid groups is 2. The molecule has 8 atom stereocenters. The lowest BCUT2D eigenvalue weighted by molar-refractivity contribution is -0.161. The first kappa shape index (κ1) is 82.1. The maximum absolute atomic E-state index is 13.0. The lowest BCUT2D eigenvalue weighted by Crippen LogP contribution is -2.30. The van der Waals surface area contributed by atoms with Crippen LogP contribution in [0.4, 0.5) is 0 Å². The molecule has 0 aliphatic heterocycles. The number of hydrogen-bond acceptors (Lipinski definition) is 15. The van der Waals surface area contributed by atoms with Crippen LogP contribution >= 0.6 is 15.6 Å². The molecule has 0 rings (SSSR count). The van der Waals surface area contributed by atoms with Gasteiger partial charge in [0.1, 0.15) is 19.3 Å². The predicted molar refractivity (Wildman–Crippen MR) is 335 cm³/mol. The molecule has 498 valence electrons. The molecule has 0 spiro atoms. The molecule has 0 aromatic rings. The third-order valence-electron chi connectivity index (χ3n) is 15.9. The maximum Gasteiger partial charge on any atom is 0.472 e. The van der Waals surface area contributed by atoms with Crippen molar-refractivity contribution in [2.24, 2.45) is 23.7 Å². The van der Waals surface area contributed by atoms with Crippen LogP contribution in [0.5, 0.6) is 0 Å². The molecule has 3 N–H and O–H groups in total. The second-order valence-corrected chi connectivity index (χ2v) is 27.6. The van der Waals surface area contributed by atoms with Crippen molar-refractivity contribution in [1.82, 2.24) is 0 Å². The fourth-order valence-electron chi connectivity index (χ4n) is 9.51. The van der Waals surface area contributed by atoms with E-state index in [2.05, 4.69) is 55.4 Å². The standard InChI is InChI=1S/C65H126O17P2/c1-9-56(6)42-34-26-18-14-12-13-15-19-29-37-45-62(67)75-51-60(81-64(69)47-39-31-20-16-17-25-33-41-55(4)5)53-79-83(71,72)77-49-59(66)50-78-84(73,74)80-54-61(82-65(70)48-40-32-24-22-28-36-44-58(8)11-3)52-76-63(68)46-38-30-23-21-27-35-43-57(7)10-2/h55-61,66H,9-54H2,1-8H3,(H,71,72)(H,73,74)/t56?,57?,58?,59-,60-,61-/m1/s1. The molecule has 0 radical (unpaired) electrons. The maximum atomic E-state index is 13.0. The summed E-state index contributed by atoms with van der Waals surface area (Å²) in [5.74, 6) is 0.814. The van der Waals surface area contributed by atoms with Gasteiger partial charge in [-0.05, 0) is 49.4 Å². The van der Waals surface area contributed by atoms with Gasteiger partial charge in [0, 0.05) is 25.7 Å². The van der Waals surface area contributed by atoms with Gasteiger partial charge >= 0.3 is 39.5 Å². The van der Waals surface area contributed by atoms with Crippen LogP contribution in [0.3, 0.4) is 0 Å². The van der Waals surface area contributed by atoms with E-state index in [4.69, 9.17) is 37.0 Å². The van der Waals surface area contributed by atoms with Crippen molar-refractivity contribution in [3.8, 4) is 0 Å². The van der Waals surface area contributed by atoms with Crippen molar-refractivity contribution in [2.45, 2.75) is 331 Å². The van der Waals surface area contributed by atoms with Crippen LogP contribution in [-0.4, -0.2) is 96.7 Å². The number of hydrogen-bond donors (Lipinski definition) is 3. The van der Waals surface area contributed by atoms with Crippen LogP contribution in [0.25, 0.3) is 0 Å². The fraction of sp³-hybridized carbons (Fsp3) is 0.938. The Morgan fingerprint density at radius 3 is 0.845 bits per heavy atom. The summed E-state index contributed by atoms with van der Waals surface area (Å²) in [5.41, 5.74) is 0. The highest BCUT2D eigenvalue weighted by Crippen LogP contribution is 2.45. The van der Waals surface area contributed by atoms with Gasteiger partial charge in [-0.3, -0.25) is 37.3 Å². The van der Waals surface area contributed by atoms with Gasteiger partial charge in [-0.15, -0.1) is 0 Å². The summed E-state index contributed by atoms with van der Waals surface area (Å²) in [7, 11) is -9.89. The molecule has 0 fully saturated rings. The molecular weight excluding hydrogens is 1110 g/mol. The Balaban J connectivity index is 5.25. The highest BCUT2D eigenvalue weighted by Gasteiger charge is 2.30. The van der Waals surface area contributed by atoms with E-state index in [0.29, 0.717) is 31.6 Å². The van der Waals surface area contributed by atoms with Gasteiger partial charge in [0.05, 0.1) is 26.4 Å². The van der Waals surface area contributed by atoms with Gasteiger partial charge in [-0.25, -0.2) is 9.13 Å². The first-order chi connectivity index (χ1) is 40.2. The summed E-state index contributed by atoms with van der Waals surface area (Å²) >= 11 is 0. The van der Waals surface area contributed by atoms with Crippen LogP contribution in [0, 0.1) is 23.7 Å². The van der Waals surface area contributed by atoms with Crippen molar-refractivity contribution >= 4 is 39.5 Å². The summed E-state index contributed by atoms with van der Waals surface area (Å²) in [5, 5.41) is 10.5. The second-order valence-electron chi connectivity index (χ2n) is 24.7. The van der Waals surface area contributed by atoms with Gasteiger partial charge in [0.2, 0.25) is 0 Å². The van der Waals surface area contributed by atoms with Gasteiger partial charge in [0.15, 0.2) is 12.2 Å².